The van der Waals surface area contributed by atoms with Crippen LogP contribution in [0.25, 0.3) is 0 Å². The fourth-order valence-electron chi connectivity index (χ4n) is 2.17. The number of fused-ring (bicyclic) bond motifs is 1. The van der Waals surface area contributed by atoms with Crippen molar-refractivity contribution in [3.05, 3.63) is 56.5 Å². The molecule has 1 atom stereocenters. The first-order valence-electron chi connectivity index (χ1n) is 5.90. The van der Waals surface area contributed by atoms with Crippen LogP contribution in [0.15, 0.2) is 45.3 Å². The van der Waals surface area contributed by atoms with E-state index in [4.69, 9.17) is 0 Å². The Hall–Kier alpha value is -1.53. The first-order valence-corrected chi connectivity index (χ1v) is 7.49. The molecule has 0 fully saturated rings. The molecule has 20 heavy (non-hydrogen) atoms. The van der Waals surface area contributed by atoms with Crippen molar-refractivity contribution in [2.45, 2.75) is 6.17 Å². The fourth-order valence-corrected chi connectivity index (χ4v) is 3.43. The molecule has 2 aromatic carbocycles. The smallest absolute Gasteiger partial charge is 0.255 e. The monoisotopic (exact) mass is 396 g/mol. The average Bonchev–Trinajstić information content (AvgIpc) is 2.43. The van der Waals surface area contributed by atoms with E-state index < -0.39 is 6.17 Å². The SMILES string of the molecule is O=C1N[C@@H](c2cc(Br)cc(Br)c2O)Nc2ccccc21. The molecule has 1 aliphatic rings. The van der Waals surface area contributed by atoms with Crippen LogP contribution in [0.2, 0.25) is 0 Å². The van der Waals surface area contributed by atoms with Crippen molar-refractivity contribution < 1.29 is 9.90 Å². The highest BCUT2D eigenvalue weighted by atomic mass is 79.9. The van der Waals surface area contributed by atoms with E-state index in [2.05, 4.69) is 42.5 Å². The number of phenols is 1. The van der Waals surface area contributed by atoms with Crippen LogP contribution in [0.3, 0.4) is 0 Å². The first-order chi connectivity index (χ1) is 9.56. The van der Waals surface area contributed by atoms with Crippen molar-refractivity contribution in [2.24, 2.45) is 0 Å². The van der Waals surface area contributed by atoms with Crippen molar-refractivity contribution in [1.82, 2.24) is 5.32 Å². The van der Waals surface area contributed by atoms with Crippen molar-refractivity contribution in [3.8, 4) is 5.75 Å². The van der Waals surface area contributed by atoms with Gasteiger partial charge in [-0.25, -0.2) is 0 Å². The van der Waals surface area contributed by atoms with Crippen LogP contribution >= 0.6 is 31.9 Å². The highest BCUT2D eigenvalue weighted by molar-refractivity contribution is 9.11. The summed E-state index contributed by atoms with van der Waals surface area (Å²) in [5.74, 6) is -0.0646. The van der Waals surface area contributed by atoms with E-state index in [0.717, 1.165) is 10.2 Å². The largest absolute Gasteiger partial charge is 0.506 e. The van der Waals surface area contributed by atoms with Gasteiger partial charge in [0.15, 0.2) is 0 Å². The van der Waals surface area contributed by atoms with Crippen LogP contribution in [-0.2, 0) is 0 Å². The van der Waals surface area contributed by atoms with Gasteiger partial charge in [-0.3, -0.25) is 4.79 Å². The molecule has 0 aliphatic carbocycles. The molecule has 0 saturated carbocycles. The predicted octanol–water partition coefficient (Wildman–Crippen LogP) is 3.77. The quantitative estimate of drug-likeness (QED) is 0.686. The van der Waals surface area contributed by atoms with Gasteiger partial charge in [-0.2, -0.15) is 0 Å². The molecule has 1 amide bonds. The molecule has 4 nitrogen and oxygen atoms in total. The van der Waals surface area contributed by atoms with Crippen LogP contribution in [0.5, 0.6) is 5.75 Å². The van der Waals surface area contributed by atoms with Gasteiger partial charge in [0.25, 0.3) is 5.91 Å². The minimum absolute atomic E-state index is 0.102. The molecule has 3 rings (SSSR count). The molecule has 1 aliphatic heterocycles. The van der Waals surface area contributed by atoms with Crippen LogP contribution in [0, 0.1) is 0 Å². The van der Waals surface area contributed by atoms with Crippen LogP contribution in [-0.4, -0.2) is 11.0 Å². The molecular weight excluding hydrogens is 388 g/mol. The molecule has 0 spiro atoms. The van der Waals surface area contributed by atoms with E-state index in [1.54, 1.807) is 18.2 Å². The molecular formula is C14H10Br2N2O2. The number of carbonyl (C=O) groups is 1. The lowest BCUT2D eigenvalue weighted by molar-refractivity contribution is 0.0935. The number of anilines is 1. The van der Waals surface area contributed by atoms with Gasteiger partial charge in [-0.15, -0.1) is 0 Å². The van der Waals surface area contributed by atoms with E-state index in [9.17, 15) is 9.90 Å². The lowest BCUT2D eigenvalue weighted by Gasteiger charge is -2.28. The summed E-state index contributed by atoms with van der Waals surface area (Å²) in [5.41, 5.74) is 1.93. The zero-order chi connectivity index (χ0) is 14.3. The Labute approximate surface area is 132 Å². The third-order valence-corrected chi connectivity index (χ3v) is 4.18. The summed E-state index contributed by atoms with van der Waals surface area (Å²) in [5, 5.41) is 16.2. The topological polar surface area (TPSA) is 61.4 Å². The average molecular weight is 398 g/mol. The second kappa shape index (κ2) is 5.10. The molecule has 0 unspecified atom stereocenters. The van der Waals surface area contributed by atoms with Gasteiger partial charge >= 0.3 is 0 Å². The Morgan fingerprint density at radius 3 is 2.65 bits per heavy atom. The van der Waals surface area contributed by atoms with Crippen LogP contribution < -0.4 is 10.6 Å². The van der Waals surface area contributed by atoms with E-state index >= 15 is 0 Å². The van der Waals surface area contributed by atoms with Crippen molar-refractivity contribution in [3.63, 3.8) is 0 Å². The number of nitrogens with one attached hydrogen (secondary N) is 2. The highest BCUT2D eigenvalue weighted by Gasteiger charge is 2.26. The van der Waals surface area contributed by atoms with Gasteiger partial charge in [0.05, 0.1) is 10.0 Å². The molecule has 0 aromatic heterocycles. The van der Waals surface area contributed by atoms with Crippen molar-refractivity contribution in [1.29, 1.82) is 0 Å². The Morgan fingerprint density at radius 2 is 1.85 bits per heavy atom. The zero-order valence-electron chi connectivity index (χ0n) is 10.2. The molecule has 6 heteroatoms. The highest BCUT2D eigenvalue weighted by Crippen LogP contribution is 2.37. The lowest BCUT2D eigenvalue weighted by Crippen LogP contribution is -2.38. The lowest BCUT2D eigenvalue weighted by atomic mass is 10.1. The van der Waals surface area contributed by atoms with Crippen LogP contribution in [0.1, 0.15) is 22.1 Å². The molecule has 0 radical (unpaired) electrons. The van der Waals surface area contributed by atoms with Crippen molar-refractivity contribution >= 4 is 43.5 Å². The van der Waals surface area contributed by atoms with Gasteiger partial charge in [0, 0.05) is 15.7 Å². The van der Waals surface area contributed by atoms with E-state index in [1.807, 2.05) is 18.2 Å². The fraction of sp³-hybridized carbons (Fsp3) is 0.0714. The number of hydrogen-bond acceptors (Lipinski definition) is 3. The Kier molecular flexibility index (Phi) is 3.43. The Bertz CT molecular complexity index is 704. The summed E-state index contributed by atoms with van der Waals surface area (Å²) >= 11 is 6.67. The van der Waals surface area contributed by atoms with Crippen molar-refractivity contribution in [2.75, 3.05) is 5.32 Å². The maximum absolute atomic E-state index is 12.1. The normalized spacial score (nSPS) is 17.1. The first kappa shape index (κ1) is 13.5. The number of aromatic hydroxyl groups is 1. The zero-order valence-corrected chi connectivity index (χ0v) is 13.3. The van der Waals surface area contributed by atoms with E-state index in [0.29, 0.717) is 15.6 Å². The van der Waals surface area contributed by atoms with Gasteiger partial charge in [0.2, 0.25) is 0 Å². The Morgan fingerprint density at radius 1 is 1.10 bits per heavy atom. The summed E-state index contributed by atoms with van der Waals surface area (Å²) < 4.78 is 1.38. The summed E-state index contributed by atoms with van der Waals surface area (Å²) in [6.45, 7) is 0. The molecule has 2 aromatic rings. The number of carbonyl (C=O) groups excluding carboxylic acids is 1. The van der Waals surface area contributed by atoms with Crippen LogP contribution in [0.4, 0.5) is 5.69 Å². The minimum Gasteiger partial charge on any atom is -0.506 e. The van der Waals surface area contributed by atoms with Gasteiger partial charge in [0.1, 0.15) is 11.9 Å². The summed E-state index contributed by atoms with van der Waals surface area (Å²) in [7, 11) is 0. The standard InChI is InChI=1S/C14H10Br2N2O2/c15-7-5-9(12(19)10(16)6-7)13-17-11-4-2-1-3-8(11)14(20)18-13/h1-6,13,17,19H,(H,18,20)/t13-/m0/s1. The Balaban J connectivity index is 2.04. The number of amides is 1. The third kappa shape index (κ3) is 2.29. The summed E-state index contributed by atoms with van der Waals surface area (Å²) in [4.78, 5) is 12.1. The predicted molar refractivity (Wildman–Crippen MR) is 83.8 cm³/mol. The number of phenolic OH excluding ortho intramolecular Hbond substituents is 1. The molecule has 0 bridgehead atoms. The number of halogens is 2. The van der Waals surface area contributed by atoms with E-state index in [1.165, 1.54) is 0 Å². The minimum atomic E-state index is -0.480. The molecule has 0 saturated heterocycles. The maximum Gasteiger partial charge on any atom is 0.255 e. The number of rotatable bonds is 1. The number of benzene rings is 2. The van der Waals surface area contributed by atoms with Gasteiger partial charge in [-0.1, -0.05) is 28.1 Å². The second-order valence-electron chi connectivity index (χ2n) is 4.42. The molecule has 102 valence electrons. The maximum atomic E-state index is 12.1. The summed E-state index contributed by atoms with van der Waals surface area (Å²) in [6.07, 6.45) is -0.480. The third-order valence-electron chi connectivity index (χ3n) is 3.12. The van der Waals surface area contributed by atoms with Gasteiger partial charge < -0.3 is 15.7 Å². The van der Waals surface area contributed by atoms with E-state index in [-0.39, 0.29) is 11.7 Å². The second-order valence-corrected chi connectivity index (χ2v) is 6.19. The number of hydrogen-bond donors (Lipinski definition) is 3. The number of para-hydroxylation sites is 1. The molecule has 1 heterocycles. The summed E-state index contributed by atoms with van der Waals surface area (Å²) in [6, 6.07) is 10.8. The van der Waals surface area contributed by atoms with Gasteiger partial charge in [-0.05, 0) is 40.2 Å². The molecule has 3 N–H and O–H groups in total.